The first-order chi connectivity index (χ1) is 11.1. The summed E-state index contributed by atoms with van der Waals surface area (Å²) in [6.07, 6.45) is 3.62. The van der Waals surface area contributed by atoms with Crippen LogP contribution in [0.15, 0.2) is 36.7 Å². The topological polar surface area (TPSA) is 52.0 Å². The number of aryl methyl sites for hydroxylation is 1. The van der Waals surface area contributed by atoms with Crippen LogP contribution in [0.3, 0.4) is 0 Å². The van der Waals surface area contributed by atoms with Gasteiger partial charge in [0.25, 0.3) is 0 Å². The molecule has 3 rings (SSSR count). The summed E-state index contributed by atoms with van der Waals surface area (Å²) >= 11 is 7.30. The summed E-state index contributed by atoms with van der Waals surface area (Å²) in [7, 11) is 1.93. The Morgan fingerprint density at radius 1 is 1.26 bits per heavy atom. The number of halogens is 1. The molecule has 7 heteroatoms. The van der Waals surface area contributed by atoms with Crippen molar-refractivity contribution in [2.45, 2.75) is 20.1 Å². The number of benzene rings is 1. The van der Waals surface area contributed by atoms with Gasteiger partial charge in [0, 0.05) is 35.1 Å². The number of ether oxygens (including phenoxy) is 1. The van der Waals surface area contributed by atoms with Gasteiger partial charge in [0.15, 0.2) is 4.47 Å². The number of anilines is 1. The molecule has 0 atom stereocenters. The molecule has 1 N–H and O–H groups in total. The van der Waals surface area contributed by atoms with Gasteiger partial charge in [-0.1, -0.05) is 11.6 Å². The number of rotatable bonds is 6. The largest absolute Gasteiger partial charge is 0.489 e. The van der Waals surface area contributed by atoms with Crippen LogP contribution in [0.2, 0.25) is 4.47 Å². The molecule has 0 bridgehead atoms. The molecule has 0 aliphatic heterocycles. The van der Waals surface area contributed by atoms with Gasteiger partial charge < -0.3 is 10.1 Å². The zero-order valence-electron chi connectivity index (χ0n) is 12.9. The maximum Gasteiger partial charge on any atom is 0.183 e. The molecule has 0 aliphatic rings. The molecule has 0 fully saturated rings. The molecule has 5 nitrogen and oxygen atoms in total. The van der Waals surface area contributed by atoms with E-state index >= 15 is 0 Å². The summed E-state index contributed by atoms with van der Waals surface area (Å²) in [5.74, 6) is 0.833. The Labute approximate surface area is 143 Å². The van der Waals surface area contributed by atoms with E-state index in [0.717, 1.165) is 27.6 Å². The van der Waals surface area contributed by atoms with E-state index in [9.17, 15) is 0 Å². The standard InChI is InChI=1S/C16H17ClN4OS/c1-11-12(7-20-21(11)2)10-22-14-5-3-13(4-6-14)18-8-15-9-19-16(17)23-15/h3-7,9,18H,8,10H2,1-2H3. The number of hydrogen-bond donors (Lipinski definition) is 1. The predicted octanol–water partition coefficient (Wildman–Crippen LogP) is 4.03. The van der Waals surface area contributed by atoms with Crippen molar-refractivity contribution in [3.8, 4) is 5.75 Å². The first kappa shape index (κ1) is 15.8. The van der Waals surface area contributed by atoms with Crippen LogP contribution in [0.1, 0.15) is 16.1 Å². The monoisotopic (exact) mass is 348 g/mol. The van der Waals surface area contributed by atoms with Crippen molar-refractivity contribution in [3.63, 3.8) is 0 Å². The van der Waals surface area contributed by atoms with Crippen molar-refractivity contribution < 1.29 is 4.74 Å². The highest BCUT2D eigenvalue weighted by Gasteiger charge is 2.05. The van der Waals surface area contributed by atoms with E-state index in [1.807, 2.05) is 49.1 Å². The summed E-state index contributed by atoms with van der Waals surface area (Å²) in [6.45, 7) is 3.26. The Balaban J connectivity index is 1.53. The van der Waals surface area contributed by atoms with Gasteiger partial charge in [0.1, 0.15) is 12.4 Å². The van der Waals surface area contributed by atoms with Crippen molar-refractivity contribution in [2.24, 2.45) is 7.05 Å². The molecule has 0 amide bonds. The van der Waals surface area contributed by atoms with Gasteiger partial charge in [-0.3, -0.25) is 4.68 Å². The second-order valence-corrected chi connectivity index (χ2v) is 6.82. The Kier molecular flexibility index (Phi) is 4.83. The molecule has 23 heavy (non-hydrogen) atoms. The van der Waals surface area contributed by atoms with Crippen LogP contribution in [0.25, 0.3) is 0 Å². The minimum absolute atomic E-state index is 0.520. The summed E-state index contributed by atoms with van der Waals surface area (Å²) < 4.78 is 8.21. The smallest absolute Gasteiger partial charge is 0.183 e. The number of hydrogen-bond acceptors (Lipinski definition) is 5. The van der Waals surface area contributed by atoms with Crippen LogP contribution in [0.4, 0.5) is 5.69 Å². The maximum atomic E-state index is 5.82. The summed E-state index contributed by atoms with van der Waals surface area (Å²) in [5, 5.41) is 7.54. The average molecular weight is 349 g/mol. The molecule has 0 saturated heterocycles. The molecule has 3 aromatic rings. The molecule has 0 unspecified atom stereocenters. The van der Waals surface area contributed by atoms with E-state index in [2.05, 4.69) is 15.4 Å². The van der Waals surface area contributed by atoms with E-state index in [1.54, 1.807) is 6.20 Å². The average Bonchev–Trinajstić information content (AvgIpc) is 3.11. The highest BCUT2D eigenvalue weighted by Crippen LogP contribution is 2.21. The lowest BCUT2D eigenvalue weighted by Crippen LogP contribution is -1.99. The van der Waals surface area contributed by atoms with E-state index in [-0.39, 0.29) is 0 Å². The van der Waals surface area contributed by atoms with Gasteiger partial charge in [-0.2, -0.15) is 5.10 Å². The van der Waals surface area contributed by atoms with Crippen LogP contribution in [0.5, 0.6) is 5.75 Å². The van der Waals surface area contributed by atoms with Crippen LogP contribution in [0, 0.1) is 6.92 Å². The van der Waals surface area contributed by atoms with Crippen LogP contribution in [-0.2, 0) is 20.2 Å². The minimum Gasteiger partial charge on any atom is -0.489 e. The van der Waals surface area contributed by atoms with Gasteiger partial charge in [-0.05, 0) is 31.2 Å². The van der Waals surface area contributed by atoms with Crippen LogP contribution in [-0.4, -0.2) is 14.8 Å². The molecule has 2 heterocycles. The number of nitrogens with one attached hydrogen (secondary N) is 1. The molecule has 0 aliphatic carbocycles. The third kappa shape index (κ3) is 4.03. The molecular weight excluding hydrogens is 332 g/mol. The van der Waals surface area contributed by atoms with Crippen molar-refractivity contribution in [1.29, 1.82) is 0 Å². The quantitative estimate of drug-likeness (QED) is 0.730. The number of thiazole rings is 1. The second-order valence-electron chi connectivity index (χ2n) is 5.12. The van der Waals surface area contributed by atoms with Gasteiger partial charge >= 0.3 is 0 Å². The van der Waals surface area contributed by atoms with Gasteiger partial charge in [0.05, 0.1) is 12.7 Å². The van der Waals surface area contributed by atoms with Crippen LogP contribution < -0.4 is 10.1 Å². The highest BCUT2D eigenvalue weighted by molar-refractivity contribution is 7.15. The molecule has 1 aromatic carbocycles. The van der Waals surface area contributed by atoms with Crippen molar-refractivity contribution >= 4 is 28.6 Å². The van der Waals surface area contributed by atoms with E-state index in [4.69, 9.17) is 16.3 Å². The third-order valence-corrected chi connectivity index (χ3v) is 4.69. The first-order valence-corrected chi connectivity index (χ1v) is 8.35. The maximum absolute atomic E-state index is 5.82. The lowest BCUT2D eigenvalue weighted by molar-refractivity contribution is 0.305. The van der Waals surface area contributed by atoms with Crippen molar-refractivity contribution in [3.05, 3.63) is 57.3 Å². The molecule has 0 spiro atoms. The second kappa shape index (κ2) is 7.02. The fourth-order valence-corrected chi connectivity index (χ4v) is 2.99. The normalized spacial score (nSPS) is 10.7. The van der Waals surface area contributed by atoms with E-state index in [0.29, 0.717) is 17.6 Å². The molecular formula is C16H17ClN4OS. The Bertz CT molecular complexity index is 782. The van der Waals surface area contributed by atoms with E-state index in [1.165, 1.54) is 11.3 Å². The lowest BCUT2D eigenvalue weighted by Gasteiger charge is -2.08. The van der Waals surface area contributed by atoms with E-state index < -0.39 is 0 Å². The van der Waals surface area contributed by atoms with Gasteiger partial charge in [0.2, 0.25) is 0 Å². The third-order valence-electron chi connectivity index (χ3n) is 3.58. The Morgan fingerprint density at radius 3 is 2.65 bits per heavy atom. The predicted molar refractivity (Wildman–Crippen MR) is 93.2 cm³/mol. The lowest BCUT2D eigenvalue weighted by atomic mass is 10.2. The fraction of sp³-hybridized carbons (Fsp3) is 0.250. The van der Waals surface area contributed by atoms with Crippen LogP contribution >= 0.6 is 22.9 Å². The Morgan fingerprint density at radius 2 is 2.04 bits per heavy atom. The zero-order valence-corrected chi connectivity index (χ0v) is 14.5. The van der Waals surface area contributed by atoms with Crippen molar-refractivity contribution in [2.75, 3.05) is 5.32 Å². The highest BCUT2D eigenvalue weighted by atomic mass is 35.5. The minimum atomic E-state index is 0.520. The number of aromatic nitrogens is 3. The van der Waals surface area contributed by atoms with Gasteiger partial charge in [-0.25, -0.2) is 4.98 Å². The summed E-state index contributed by atoms with van der Waals surface area (Å²) in [5.41, 5.74) is 3.24. The van der Waals surface area contributed by atoms with Gasteiger partial charge in [-0.15, -0.1) is 11.3 Å². The fourth-order valence-electron chi connectivity index (χ4n) is 2.07. The molecule has 0 radical (unpaired) electrons. The molecule has 120 valence electrons. The van der Waals surface area contributed by atoms with Crippen molar-refractivity contribution in [1.82, 2.24) is 14.8 Å². The first-order valence-electron chi connectivity index (χ1n) is 7.16. The molecule has 2 aromatic heterocycles. The SMILES string of the molecule is Cc1c(COc2ccc(NCc3cnc(Cl)s3)cc2)cnn1C. The zero-order chi connectivity index (χ0) is 16.2. The number of nitrogens with zero attached hydrogens (tertiary/aromatic N) is 3. The summed E-state index contributed by atoms with van der Waals surface area (Å²) in [6, 6.07) is 7.89. The Hall–Kier alpha value is -2.05. The molecule has 0 saturated carbocycles. The summed E-state index contributed by atoms with van der Waals surface area (Å²) in [4.78, 5) is 5.12.